The van der Waals surface area contributed by atoms with Crippen molar-refractivity contribution < 1.29 is 23.1 Å². The van der Waals surface area contributed by atoms with E-state index < -0.39 is 18.2 Å². The van der Waals surface area contributed by atoms with E-state index in [0.717, 1.165) is 17.6 Å². The van der Waals surface area contributed by atoms with Crippen molar-refractivity contribution in [2.75, 3.05) is 5.32 Å². The largest absolute Gasteiger partial charge is 0.477 e. The summed E-state index contributed by atoms with van der Waals surface area (Å²) < 4.78 is 40.5. The molecule has 7 nitrogen and oxygen atoms in total. The first kappa shape index (κ1) is 20.7. The maximum Gasteiger partial charge on any atom is 0.408 e. The van der Waals surface area contributed by atoms with Crippen LogP contribution in [0.3, 0.4) is 0 Å². The van der Waals surface area contributed by atoms with Gasteiger partial charge in [0.1, 0.15) is 22.6 Å². The van der Waals surface area contributed by atoms with Gasteiger partial charge in [0.05, 0.1) is 18.3 Å². The van der Waals surface area contributed by atoms with Crippen molar-refractivity contribution in [3.8, 4) is 11.1 Å². The third-order valence-electron chi connectivity index (χ3n) is 4.03. The summed E-state index contributed by atoms with van der Waals surface area (Å²) in [6, 6.07) is 2.13. The number of rotatable bonds is 4. The second-order valence-corrected chi connectivity index (χ2v) is 6.67. The van der Waals surface area contributed by atoms with Crippen molar-refractivity contribution in [1.29, 1.82) is 0 Å². The van der Waals surface area contributed by atoms with E-state index in [-0.39, 0.29) is 44.0 Å². The van der Waals surface area contributed by atoms with Gasteiger partial charge in [-0.05, 0) is 13.0 Å². The lowest BCUT2D eigenvalue weighted by Crippen LogP contribution is -2.34. The Kier molecular flexibility index (Phi) is 5.30. The highest BCUT2D eigenvalue weighted by molar-refractivity contribution is 6.36. The summed E-state index contributed by atoms with van der Waals surface area (Å²) in [6.07, 6.45) is -3.66. The van der Waals surface area contributed by atoms with Crippen LogP contribution in [-0.4, -0.2) is 37.9 Å². The molecular formula is C17H10Cl2F3N5O2. The Hall–Kier alpha value is -3.03. The van der Waals surface area contributed by atoms with Gasteiger partial charge in [-0.25, -0.2) is 14.6 Å². The number of carboxylic acid groups (broad SMARTS) is 1. The highest BCUT2D eigenvalue weighted by atomic mass is 35.5. The predicted molar refractivity (Wildman–Crippen MR) is 101 cm³/mol. The molecule has 0 saturated heterocycles. The summed E-state index contributed by atoms with van der Waals surface area (Å²) in [5, 5.41) is 15.2. The number of hydrogen-bond donors (Lipinski definition) is 2. The third-order valence-corrected chi connectivity index (χ3v) is 4.61. The van der Waals surface area contributed by atoms with Crippen molar-refractivity contribution in [1.82, 2.24) is 14.6 Å². The smallest absolute Gasteiger partial charge is 0.408 e. The molecule has 1 aromatic carbocycles. The zero-order valence-electron chi connectivity index (χ0n) is 14.4. The first-order chi connectivity index (χ1) is 13.5. The first-order valence-corrected chi connectivity index (χ1v) is 8.61. The summed E-state index contributed by atoms with van der Waals surface area (Å²) >= 11 is 12.5. The molecule has 0 aliphatic rings. The lowest BCUT2D eigenvalue weighted by atomic mass is 10.1. The van der Waals surface area contributed by atoms with Crippen LogP contribution in [0.15, 0.2) is 24.4 Å². The molecule has 0 spiro atoms. The van der Waals surface area contributed by atoms with Crippen molar-refractivity contribution >= 4 is 46.3 Å². The molecule has 1 atom stereocenters. The summed E-state index contributed by atoms with van der Waals surface area (Å²) in [7, 11) is 0. The van der Waals surface area contributed by atoms with Gasteiger partial charge in [-0.2, -0.15) is 22.8 Å². The zero-order valence-corrected chi connectivity index (χ0v) is 15.9. The van der Waals surface area contributed by atoms with Crippen LogP contribution in [-0.2, 0) is 0 Å². The van der Waals surface area contributed by atoms with Crippen LogP contribution in [0.5, 0.6) is 0 Å². The lowest BCUT2D eigenvalue weighted by molar-refractivity contribution is -0.138. The molecule has 0 fully saturated rings. The van der Waals surface area contributed by atoms with Gasteiger partial charge in [-0.3, -0.25) is 0 Å². The number of nitrogens with zero attached hydrogens (tertiary/aromatic N) is 4. The molecule has 0 unspecified atom stereocenters. The third kappa shape index (κ3) is 3.79. The van der Waals surface area contributed by atoms with Crippen molar-refractivity contribution in [3.05, 3.63) is 51.6 Å². The SMILES string of the molecule is [C-]#[N+]c1ccc(-c2c(Cl)nc3c(C(=O)O)cnn3c2N[C@@H](C)C(F)(F)F)c(Cl)c1. The Morgan fingerprint density at radius 3 is 2.62 bits per heavy atom. The molecular weight excluding hydrogens is 434 g/mol. The van der Waals surface area contributed by atoms with E-state index in [9.17, 15) is 23.1 Å². The predicted octanol–water partition coefficient (Wildman–Crippen LogP) is 5.31. The summed E-state index contributed by atoms with van der Waals surface area (Å²) in [5.41, 5.74) is -0.179. The summed E-state index contributed by atoms with van der Waals surface area (Å²) in [4.78, 5) is 18.6. The van der Waals surface area contributed by atoms with E-state index in [1.807, 2.05) is 0 Å². The highest BCUT2D eigenvalue weighted by Crippen LogP contribution is 2.41. The van der Waals surface area contributed by atoms with E-state index in [4.69, 9.17) is 29.8 Å². The summed E-state index contributed by atoms with van der Waals surface area (Å²) in [6.45, 7) is 7.92. The number of nitrogens with one attached hydrogen (secondary N) is 1. The van der Waals surface area contributed by atoms with Crippen molar-refractivity contribution in [2.45, 2.75) is 19.1 Å². The van der Waals surface area contributed by atoms with Crippen LogP contribution in [0, 0.1) is 6.57 Å². The Balaban J connectivity index is 2.34. The van der Waals surface area contributed by atoms with Crippen LogP contribution in [0.25, 0.3) is 21.6 Å². The van der Waals surface area contributed by atoms with Crippen LogP contribution in [0.2, 0.25) is 10.2 Å². The molecule has 12 heteroatoms. The Morgan fingerprint density at radius 1 is 1.38 bits per heavy atom. The number of aromatic nitrogens is 3. The number of aromatic carboxylic acids is 1. The Labute approximate surface area is 171 Å². The molecule has 3 rings (SSSR count). The standard InChI is InChI=1S/C17H10Cl2F3N5O2/c1-7(17(20,21)22)25-15-12(9-4-3-8(23-2)5-11(9)18)13(19)26-14-10(16(28)29)6-24-27(14)15/h3-7,25H,1H3,(H,28,29)/t7-/m0/s1. The molecule has 2 N–H and O–H groups in total. The number of benzene rings is 1. The van der Waals surface area contributed by atoms with Gasteiger partial charge in [-0.1, -0.05) is 35.3 Å². The van der Waals surface area contributed by atoms with Gasteiger partial charge in [0, 0.05) is 10.6 Å². The van der Waals surface area contributed by atoms with Crippen LogP contribution < -0.4 is 5.32 Å². The number of hydrogen-bond acceptors (Lipinski definition) is 4. The number of alkyl halides is 3. The van der Waals surface area contributed by atoms with E-state index in [2.05, 4.69) is 20.2 Å². The quantitative estimate of drug-likeness (QED) is 0.421. The van der Waals surface area contributed by atoms with Crippen LogP contribution >= 0.6 is 23.2 Å². The van der Waals surface area contributed by atoms with Crippen LogP contribution in [0.4, 0.5) is 24.7 Å². The van der Waals surface area contributed by atoms with Gasteiger partial charge in [-0.15, -0.1) is 0 Å². The highest BCUT2D eigenvalue weighted by Gasteiger charge is 2.37. The van der Waals surface area contributed by atoms with Gasteiger partial charge >= 0.3 is 12.1 Å². The molecule has 0 amide bonds. The molecule has 0 radical (unpaired) electrons. The monoisotopic (exact) mass is 443 g/mol. The molecule has 3 aromatic rings. The van der Waals surface area contributed by atoms with E-state index in [1.54, 1.807) is 0 Å². The normalized spacial score (nSPS) is 12.6. The molecule has 2 aromatic heterocycles. The maximum absolute atomic E-state index is 13.2. The molecule has 0 aliphatic heterocycles. The molecule has 0 aliphatic carbocycles. The first-order valence-electron chi connectivity index (χ1n) is 7.85. The van der Waals surface area contributed by atoms with E-state index in [0.29, 0.717) is 0 Å². The van der Waals surface area contributed by atoms with Crippen molar-refractivity contribution in [2.24, 2.45) is 0 Å². The van der Waals surface area contributed by atoms with Crippen LogP contribution in [0.1, 0.15) is 17.3 Å². The average Bonchev–Trinajstić information content (AvgIpc) is 3.05. The number of halogens is 5. The zero-order chi connectivity index (χ0) is 21.5. The number of fused-ring (bicyclic) bond motifs is 1. The van der Waals surface area contributed by atoms with Gasteiger partial charge < -0.3 is 10.4 Å². The van der Waals surface area contributed by atoms with Gasteiger partial charge in [0.25, 0.3) is 0 Å². The lowest BCUT2D eigenvalue weighted by Gasteiger charge is -2.22. The Morgan fingerprint density at radius 2 is 2.07 bits per heavy atom. The minimum absolute atomic E-state index is 0.0168. The van der Waals surface area contributed by atoms with Gasteiger partial charge in [0.2, 0.25) is 0 Å². The fourth-order valence-corrected chi connectivity index (χ4v) is 3.09. The van der Waals surface area contributed by atoms with E-state index in [1.165, 1.54) is 18.2 Å². The molecule has 150 valence electrons. The van der Waals surface area contributed by atoms with Gasteiger partial charge in [0.15, 0.2) is 11.3 Å². The fraction of sp³-hybridized carbons (Fsp3) is 0.176. The molecule has 29 heavy (non-hydrogen) atoms. The summed E-state index contributed by atoms with van der Waals surface area (Å²) in [5.74, 6) is -1.61. The second-order valence-electron chi connectivity index (χ2n) is 5.91. The average molecular weight is 444 g/mol. The topological polar surface area (TPSA) is 83.9 Å². The number of carboxylic acids is 1. The number of carbonyl (C=O) groups is 1. The molecule has 0 saturated carbocycles. The second kappa shape index (κ2) is 7.42. The fourth-order valence-electron chi connectivity index (χ4n) is 2.55. The minimum atomic E-state index is -4.61. The minimum Gasteiger partial charge on any atom is -0.477 e. The molecule has 2 heterocycles. The van der Waals surface area contributed by atoms with Crippen molar-refractivity contribution in [3.63, 3.8) is 0 Å². The molecule has 0 bridgehead atoms. The number of anilines is 1. The maximum atomic E-state index is 13.2. The van der Waals surface area contributed by atoms with E-state index >= 15 is 0 Å². The Bertz CT molecular complexity index is 1170.